The standard InChI is InChI=1S/C10H9ClN2O3/c1-13-9(14)10(15,16)8(12-13)6-2-4-7(11)5-3-6/h2-5,15-16H,1H3. The van der Waals surface area contributed by atoms with Crippen molar-refractivity contribution in [2.24, 2.45) is 5.10 Å². The van der Waals surface area contributed by atoms with Gasteiger partial charge in [-0.2, -0.15) is 5.10 Å². The topological polar surface area (TPSA) is 73.1 Å². The van der Waals surface area contributed by atoms with Crippen LogP contribution in [0, 0.1) is 0 Å². The van der Waals surface area contributed by atoms with Crippen LogP contribution >= 0.6 is 11.6 Å². The molecule has 1 aliphatic rings. The molecule has 0 aliphatic carbocycles. The molecule has 84 valence electrons. The summed E-state index contributed by atoms with van der Waals surface area (Å²) < 4.78 is 0. The largest absolute Gasteiger partial charge is 0.353 e. The van der Waals surface area contributed by atoms with E-state index in [4.69, 9.17) is 11.6 Å². The fraction of sp³-hybridized carbons (Fsp3) is 0.200. The van der Waals surface area contributed by atoms with Crippen molar-refractivity contribution in [3.8, 4) is 0 Å². The van der Waals surface area contributed by atoms with Crippen LogP contribution in [0.5, 0.6) is 0 Å². The number of nitrogens with zero attached hydrogens (tertiary/aromatic N) is 2. The number of hydrogen-bond acceptors (Lipinski definition) is 4. The monoisotopic (exact) mass is 240 g/mol. The number of carbonyl (C=O) groups is 1. The second-order valence-electron chi connectivity index (χ2n) is 3.46. The molecule has 1 aliphatic heterocycles. The lowest BCUT2D eigenvalue weighted by molar-refractivity contribution is -0.166. The van der Waals surface area contributed by atoms with Crippen LogP contribution in [-0.4, -0.2) is 39.7 Å². The van der Waals surface area contributed by atoms with Gasteiger partial charge in [-0.25, -0.2) is 5.01 Å². The Hall–Kier alpha value is -1.43. The lowest BCUT2D eigenvalue weighted by Gasteiger charge is -2.14. The summed E-state index contributed by atoms with van der Waals surface area (Å²) in [6.07, 6.45) is 0. The average Bonchev–Trinajstić information content (AvgIpc) is 2.44. The van der Waals surface area contributed by atoms with Gasteiger partial charge < -0.3 is 10.2 Å². The third-order valence-corrected chi connectivity index (χ3v) is 2.54. The SMILES string of the molecule is CN1N=C(c2ccc(Cl)cc2)C(O)(O)C1=O. The first-order valence-electron chi connectivity index (χ1n) is 4.51. The summed E-state index contributed by atoms with van der Waals surface area (Å²) in [5, 5.41) is 24.4. The first kappa shape index (κ1) is 11.1. The van der Waals surface area contributed by atoms with Crippen LogP contribution in [0.4, 0.5) is 0 Å². The highest BCUT2D eigenvalue weighted by atomic mass is 35.5. The Morgan fingerprint density at radius 2 is 1.88 bits per heavy atom. The second-order valence-corrected chi connectivity index (χ2v) is 3.89. The number of amides is 1. The minimum Gasteiger partial charge on any atom is -0.353 e. The summed E-state index contributed by atoms with van der Waals surface area (Å²) >= 11 is 5.70. The van der Waals surface area contributed by atoms with Crippen LogP contribution in [0.2, 0.25) is 5.02 Å². The van der Waals surface area contributed by atoms with Crippen LogP contribution in [-0.2, 0) is 4.79 Å². The molecule has 0 aromatic heterocycles. The maximum absolute atomic E-state index is 11.4. The molecule has 1 aromatic rings. The second kappa shape index (κ2) is 3.55. The number of aliphatic hydroxyl groups is 2. The average molecular weight is 241 g/mol. The third kappa shape index (κ3) is 1.59. The molecule has 0 spiro atoms. The Labute approximate surface area is 96.6 Å². The Morgan fingerprint density at radius 3 is 2.31 bits per heavy atom. The van der Waals surface area contributed by atoms with E-state index in [0.29, 0.717) is 10.6 Å². The van der Waals surface area contributed by atoms with Crippen molar-refractivity contribution in [2.75, 3.05) is 7.05 Å². The van der Waals surface area contributed by atoms with E-state index in [0.717, 1.165) is 5.01 Å². The Kier molecular flexibility index (Phi) is 2.46. The number of benzene rings is 1. The van der Waals surface area contributed by atoms with E-state index in [1.807, 2.05) is 0 Å². The Bertz CT molecular complexity index is 467. The maximum Gasteiger partial charge on any atom is 0.309 e. The molecular formula is C10H9ClN2O3. The van der Waals surface area contributed by atoms with E-state index >= 15 is 0 Å². The first-order valence-corrected chi connectivity index (χ1v) is 4.88. The van der Waals surface area contributed by atoms with E-state index in [2.05, 4.69) is 5.10 Å². The van der Waals surface area contributed by atoms with Crippen LogP contribution in [0.15, 0.2) is 29.4 Å². The lowest BCUT2D eigenvalue weighted by Crippen LogP contribution is -2.45. The maximum atomic E-state index is 11.4. The van der Waals surface area contributed by atoms with Crippen LogP contribution < -0.4 is 0 Å². The van der Waals surface area contributed by atoms with Crippen molar-refractivity contribution in [3.05, 3.63) is 34.9 Å². The summed E-state index contributed by atoms with van der Waals surface area (Å²) in [5.74, 6) is -3.44. The van der Waals surface area contributed by atoms with Gasteiger partial charge in [0.05, 0.1) is 0 Å². The Balaban J connectivity index is 2.46. The predicted octanol–water partition coefficient (Wildman–Crippen LogP) is 0.197. The number of halogens is 1. The van der Waals surface area contributed by atoms with Gasteiger partial charge in [-0.15, -0.1) is 0 Å². The molecular weight excluding hydrogens is 232 g/mol. The van der Waals surface area contributed by atoms with Gasteiger partial charge in [-0.3, -0.25) is 4.79 Å². The highest BCUT2D eigenvalue weighted by molar-refractivity contribution is 6.30. The number of likely N-dealkylation sites (N-methyl/N-ethyl adjacent to an activating group) is 1. The smallest absolute Gasteiger partial charge is 0.309 e. The summed E-state index contributed by atoms with van der Waals surface area (Å²) in [4.78, 5) is 11.4. The minimum absolute atomic E-state index is 0.100. The zero-order valence-electron chi connectivity index (χ0n) is 8.38. The van der Waals surface area contributed by atoms with Crippen molar-refractivity contribution >= 4 is 23.2 Å². The van der Waals surface area contributed by atoms with E-state index in [1.54, 1.807) is 24.3 Å². The van der Waals surface area contributed by atoms with Crippen molar-refractivity contribution in [3.63, 3.8) is 0 Å². The van der Waals surface area contributed by atoms with Crippen molar-refractivity contribution in [1.29, 1.82) is 0 Å². The van der Waals surface area contributed by atoms with Crippen molar-refractivity contribution in [2.45, 2.75) is 5.79 Å². The van der Waals surface area contributed by atoms with E-state index in [9.17, 15) is 15.0 Å². The lowest BCUT2D eigenvalue weighted by atomic mass is 10.0. The van der Waals surface area contributed by atoms with Crippen molar-refractivity contribution < 1.29 is 15.0 Å². The summed E-state index contributed by atoms with van der Waals surface area (Å²) in [6, 6.07) is 6.29. The molecule has 16 heavy (non-hydrogen) atoms. The molecule has 0 saturated heterocycles. The molecule has 0 radical (unpaired) electrons. The zero-order chi connectivity index (χ0) is 11.9. The molecule has 0 atom stereocenters. The number of hydrazone groups is 1. The predicted molar refractivity (Wildman–Crippen MR) is 57.9 cm³/mol. The van der Waals surface area contributed by atoms with E-state index in [1.165, 1.54) is 7.05 Å². The molecule has 0 bridgehead atoms. The van der Waals surface area contributed by atoms with Gasteiger partial charge in [0.15, 0.2) is 0 Å². The van der Waals surface area contributed by atoms with Crippen LogP contribution in [0.3, 0.4) is 0 Å². The molecule has 2 rings (SSSR count). The Morgan fingerprint density at radius 1 is 1.31 bits per heavy atom. The molecule has 2 N–H and O–H groups in total. The van der Waals surface area contributed by atoms with Gasteiger partial charge in [-0.05, 0) is 12.1 Å². The number of carbonyl (C=O) groups excluding carboxylic acids is 1. The molecule has 6 heteroatoms. The summed E-state index contributed by atoms with van der Waals surface area (Å²) in [6.45, 7) is 0. The van der Waals surface area contributed by atoms with Gasteiger partial charge in [0.2, 0.25) is 0 Å². The first-order chi connectivity index (χ1) is 7.43. The molecule has 1 amide bonds. The van der Waals surface area contributed by atoms with Gasteiger partial charge in [0.25, 0.3) is 5.79 Å². The van der Waals surface area contributed by atoms with Crippen LogP contribution in [0.1, 0.15) is 5.56 Å². The highest BCUT2D eigenvalue weighted by Gasteiger charge is 2.47. The van der Waals surface area contributed by atoms with Gasteiger partial charge in [0.1, 0.15) is 5.71 Å². The normalized spacial score (nSPS) is 18.9. The van der Waals surface area contributed by atoms with E-state index in [-0.39, 0.29) is 5.71 Å². The summed E-state index contributed by atoms with van der Waals surface area (Å²) in [7, 11) is 1.35. The molecule has 1 heterocycles. The number of hydrogen-bond donors (Lipinski definition) is 2. The highest BCUT2D eigenvalue weighted by Crippen LogP contribution is 2.22. The summed E-state index contributed by atoms with van der Waals surface area (Å²) in [5.41, 5.74) is 0.337. The third-order valence-electron chi connectivity index (χ3n) is 2.29. The van der Waals surface area contributed by atoms with E-state index < -0.39 is 11.7 Å². The fourth-order valence-electron chi connectivity index (χ4n) is 1.46. The van der Waals surface area contributed by atoms with Crippen LogP contribution in [0.25, 0.3) is 0 Å². The van der Waals surface area contributed by atoms with Crippen molar-refractivity contribution in [1.82, 2.24) is 5.01 Å². The fourth-order valence-corrected chi connectivity index (χ4v) is 1.58. The minimum atomic E-state index is -2.57. The van der Waals surface area contributed by atoms with Gasteiger partial charge in [0, 0.05) is 17.6 Å². The quantitative estimate of drug-likeness (QED) is 0.689. The molecule has 0 saturated carbocycles. The molecule has 5 nitrogen and oxygen atoms in total. The molecule has 0 fully saturated rings. The molecule has 1 aromatic carbocycles. The molecule has 0 unspecified atom stereocenters. The van der Waals surface area contributed by atoms with Gasteiger partial charge >= 0.3 is 5.91 Å². The number of rotatable bonds is 1. The van der Waals surface area contributed by atoms with Gasteiger partial charge in [-0.1, -0.05) is 23.7 Å². The zero-order valence-corrected chi connectivity index (χ0v) is 9.14.